The van der Waals surface area contributed by atoms with Crippen LogP contribution >= 0.6 is 0 Å². The number of hydrogen-bond donors (Lipinski definition) is 1. The first-order valence-corrected chi connectivity index (χ1v) is 13.6. The van der Waals surface area contributed by atoms with Crippen LogP contribution in [0.2, 0.25) is 0 Å². The molecule has 0 spiro atoms. The van der Waals surface area contributed by atoms with Crippen LogP contribution in [0.25, 0.3) is 0 Å². The summed E-state index contributed by atoms with van der Waals surface area (Å²) in [6.07, 6.45) is 30.8. The van der Waals surface area contributed by atoms with Crippen molar-refractivity contribution >= 4 is 0 Å². The Kier molecular flexibility index (Phi) is 24.1. The fourth-order valence-corrected chi connectivity index (χ4v) is 4.34. The van der Waals surface area contributed by atoms with Crippen LogP contribution in [0, 0.1) is 0 Å². The molecule has 176 valence electrons. The highest BCUT2D eigenvalue weighted by Crippen LogP contribution is 2.14. The Morgan fingerprint density at radius 1 is 0.483 bits per heavy atom. The van der Waals surface area contributed by atoms with Crippen molar-refractivity contribution in [2.75, 3.05) is 20.6 Å². The molecule has 1 unspecified atom stereocenters. The Bertz CT molecular complexity index is 290. The molecule has 0 saturated carbocycles. The molecule has 1 N–H and O–H groups in total. The lowest BCUT2D eigenvalue weighted by Gasteiger charge is -2.24. The lowest BCUT2D eigenvalue weighted by Crippen LogP contribution is -2.41. The van der Waals surface area contributed by atoms with Gasteiger partial charge in [0.25, 0.3) is 0 Å². The normalized spacial score (nSPS) is 12.7. The lowest BCUT2D eigenvalue weighted by molar-refractivity contribution is 0.238. The Labute approximate surface area is 186 Å². The van der Waals surface area contributed by atoms with Crippen molar-refractivity contribution in [3.05, 3.63) is 0 Å². The van der Waals surface area contributed by atoms with Crippen molar-refractivity contribution in [2.45, 2.75) is 155 Å². The van der Waals surface area contributed by atoms with Gasteiger partial charge in [0.1, 0.15) is 0 Å². The van der Waals surface area contributed by atoms with Gasteiger partial charge in [0.05, 0.1) is 6.17 Å². The van der Waals surface area contributed by atoms with Gasteiger partial charge in [-0.25, -0.2) is 0 Å². The van der Waals surface area contributed by atoms with Gasteiger partial charge in [-0.1, -0.05) is 136 Å². The van der Waals surface area contributed by atoms with E-state index in [-0.39, 0.29) is 0 Å². The molecule has 0 amide bonds. The third-order valence-electron chi connectivity index (χ3n) is 6.42. The summed E-state index contributed by atoms with van der Waals surface area (Å²) >= 11 is 0. The molecule has 0 aromatic rings. The van der Waals surface area contributed by atoms with Gasteiger partial charge in [0.15, 0.2) is 0 Å². The van der Waals surface area contributed by atoms with E-state index in [4.69, 9.17) is 0 Å². The molecular weight excluding hydrogens is 352 g/mol. The van der Waals surface area contributed by atoms with Gasteiger partial charge in [-0.3, -0.25) is 4.90 Å². The van der Waals surface area contributed by atoms with Gasteiger partial charge in [-0.15, -0.1) is 0 Å². The van der Waals surface area contributed by atoms with Crippen LogP contribution in [0.15, 0.2) is 0 Å². The summed E-state index contributed by atoms with van der Waals surface area (Å²) < 4.78 is 0. The van der Waals surface area contributed by atoms with E-state index in [1.54, 1.807) is 0 Å². The smallest absolute Gasteiger partial charge is 0.0589 e. The van der Waals surface area contributed by atoms with E-state index < -0.39 is 0 Å². The van der Waals surface area contributed by atoms with Crippen molar-refractivity contribution < 1.29 is 0 Å². The van der Waals surface area contributed by atoms with E-state index in [1.807, 2.05) is 0 Å². The average Bonchev–Trinajstić information content (AvgIpc) is 2.71. The molecule has 0 aromatic heterocycles. The van der Waals surface area contributed by atoms with E-state index in [0.717, 1.165) is 0 Å². The zero-order valence-corrected chi connectivity index (χ0v) is 21.1. The van der Waals surface area contributed by atoms with E-state index in [9.17, 15) is 0 Å². The van der Waals surface area contributed by atoms with Crippen LogP contribution in [0.5, 0.6) is 0 Å². The lowest BCUT2D eigenvalue weighted by atomic mass is 10.0. The molecule has 0 aromatic carbocycles. The molecule has 0 aliphatic carbocycles. The monoisotopic (exact) mass is 410 g/mol. The summed E-state index contributed by atoms with van der Waals surface area (Å²) in [5.41, 5.74) is 0. The van der Waals surface area contributed by atoms with Gasteiger partial charge in [0, 0.05) is 0 Å². The molecule has 0 rings (SSSR count). The molecule has 0 heterocycles. The van der Waals surface area contributed by atoms with Crippen LogP contribution in [0.1, 0.15) is 149 Å². The first kappa shape index (κ1) is 28.9. The van der Waals surface area contributed by atoms with E-state index >= 15 is 0 Å². The second kappa shape index (κ2) is 24.2. The minimum atomic E-state index is 0.551. The van der Waals surface area contributed by atoms with Gasteiger partial charge < -0.3 is 5.32 Å². The van der Waals surface area contributed by atoms with E-state index in [2.05, 4.69) is 38.2 Å². The highest BCUT2D eigenvalue weighted by molar-refractivity contribution is 4.61. The maximum atomic E-state index is 3.65. The SMILES string of the molecule is CCCCCCCCCCCCCCCCCCCCCCNC(CC)N(C)C. The second-order valence-corrected chi connectivity index (χ2v) is 9.56. The molecule has 2 nitrogen and oxygen atoms in total. The highest BCUT2D eigenvalue weighted by atomic mass is 15.2. The summed E-state index contributed by atoms with van der Waals surface area (Å²) in [6.45, 7) is 5.74. The molecule has 0 fully saturated rings. The zero-order valence-electron chi connectivity index (χ0n) is 21.1. The Morgan fingerprint density at radius 3 is 1.07 bits per heavy atom. The van der Waals surface area contributed by atoms with E-state index in [1.165, 1.54) is 141 Å². The van der Waals surface area contributed by atoms with Crippen LogP contribution in [-0.4, -0.2) is 31.7 Å². The fourth-order valence-electron chi connectivity index (χ4n) is 4.34. The molecule has 2 heteroatoms. The van der Waals surface area contributed by atoms with Gasteiger partial charge in [0.2, 0.25) is 0 Å². The van der Waals surface area contributed by atoms with Crippen LogP contribution < -0.4 is 5.32 Å². The first-order valence-electron chi connectivity index (χ1n) is 13.6. The molecular formula is C27H58N2. The van der Waals surface area contributed by atoms with Crippen molar-refractivity contribution in [2.24, 2.45) is 0 Å². The standard InChI is InChI=1S/C27H58N2/c1-5-7-8-9-10-11-12-13-14-15-16-17-18-19-20-21-22-23-24-25-26-28-27(6-2)29(3)4/h27-28H,5-26H2,1-4H3. The van der Waals surface area contributed by atoms with Crippen LogP contribution in [0.3, 0.4) is 0 Å². The Balaban J connectivity index is 3.08. The molecule has 0 aliphatic rings. The Morgan fingerprint density at radius 2 is 0.793 bits per heavy atom. The molecule has 1 atom stereocenters. The summed E-state index contributed by atoms with van der Waals surface area (Å²) in [7, 11) is 4.33. The number of hydrogen-bond acceptors (Lipinski definition) is 2. The molecule has 0 aliphatic heterocycles. The van der Waals surface area contributed by atoms with Crippen LogP contribution in [0.4, 0.5) is 0 Å². The quantitative estimate of drug-likeness (QED) is 0.126. The summed E-state index contributed by atoms with van der Waals surface area (Å²) in [6, 6.07) is 0. The van der Waals surface area contributed by atoms with Gasteiger partial charge >= 0.3 is 0 Å². The highest BCUT2D eigenvalue weighted by Gasteiger charge is 2.05. The Hall–Kier alpha value is -0.0800. The van der Waals surface area contributed by atoms with Crippen molar-refractivity contribution in [3.8, 4) is 0 Å². The van der Waals surface area contributed by atoms with Crippen molar-refractivity contribution in [3.63, 3.8) is 0 Å². The molecule has 0 radical (unpaired) electrons. The van der Waals surface area contributed by atoms with Gasteiger partial charge in [-0.05, 0) is 33.5 Å². The zero-order chi connectivity index (χ0) is 21.4. The maximum Gasteiger partial charge on any atom is 0.0589 e. The van der Waals surface area contributed by atoms with Crippen molar-refractivity contribution in [1.82, 2.24) is 10.2 Å². The van der Waals surface area contributed by atoms with Gasteiger partial charge in [-0.2, -0.15) is 0 Å². The minimum absolute atomic E-state index is 0.551. The minimum Gasteiger partial charge on any atom is -0.302 e. The largest absolute Gasteiger partial charge is 0.302 e. The summed E-state index contributed by atoms with van der Waals surface area (Å²) in [5.74, 6) is 0. The van der Waals surface area contributed by atoms with Crippen molar-refractivity contribution in [1.29, 1.82) is 0 Å². The second-order valence-electron chi connectivity index (χ2n) is 9.56. The first-order chi connectivity index (χ1) is 14.2. The topological polar surface area (TPSA) is 15.3 Å². The van der Waals surface area contributed by atoms with Crippen LogP contribution in [-0.2, 0) is 0 Å². The average molecular weight is 411 g/mol. The number of nitrogens with one attached hydrogen (secondary N) is 1. The summed E-state index contributed by atoms with van der Waals surface area (Å²) in [5, 5.41) is 3.65. The number of nitrogens with zero attached hydrogens (tertiary/aromatic N) is 1. The third kappa shape index (κ3) is 22.4. The number of unbranched alkanes of at least 4 members (excludes halogenated alkanes) is 19. The maximum absolute atomic E-state index is 3.65. The number of rotatable bonds is 24. The third-order valence-corrected chi connectivity index (χ3v) is 6.42. The predicted molar refractivity (Wildman–Crippen MR) is 134 cm³/mol. The molecule has 0 saturated heterocycles. The fraction of sp³-hybridized carbons (Fsp3) is 1.00. The predicted octanol–water partition coefficient (Wildman–Crippen LogP) is 8.70. The molecule has 29 heavy (non-hydrogen) atoms. The molecule has 0 bridgehead atoms. The van der Waals surface area contributed by atoms with E-state index in [0.29, 0.717) is 6.17 Å². The summed E-state index contributed by atoms with van der Waals surface area (Å²) in [4.78, 5) is 2.29.